The lowest BCUT2D eigenvalue weighted by molar-refractivity contribution is 0.0873. The van der Waals surface area contributed by atoms with Crippen molar-refractivity contribution in [2.75, 3.05) is 0 Å². The average molecular weight is 236 g/mol. The van der Waals surface area contributed by atoms with Crippen LogP contribution in [0.15, 0.2) is 6.20 Å². The van der Waals surface area contributed by atoms with E-state index in [4.69, 9.17) is 5.73 Å². The van der Waals surface area contributed by atoms with Crippen LogP contribution < -0.4 is 5.73 Å². The van der Waals surface area contributed by atoms with E-state index >= 15 is 0 Å². The fourth-order valence-electron chi connectivity index (χ4n) is 2.42. The molecule has 2 N–H and O–H groups in total. The van der Waals surface area contributed by atoms with Gasteiger partial charge in [-0.15, -0.1) is 5.10 Å². The van der Waals surface area contributed by atoms with Gasteiger partial charge < -0.3 is 5.73 Å². The number of carbonyl (C=O) groups excluding carboxylic acids is 1. The number of aromatic nitrogens is 3. The Labute approximate surface area is 101 Å². The zero-order chi connectivity index (χ0) is 12.3. The molecule has 0 atom stereocenters. The molecule has 1 aromatic rings. The van der Waals surface area contributed by atoms with Crippen LogP contribution in [0.25, 0.3) is 0 Å². The van der Waals surface area contributed by atoms with Gasteiger partial charge in [0.05, 0.1) is 6.20 Å². The van der Waals surface area contributed by atoms with Crippen LogP contribution in [-0.2, 0) is 6.54 Å². The molecule has 2 rings (SSSR count). The molecule has 1 saturated carbocycles. The van der Waals surface area contributed by atoms with E-state index in [2.05, 4.69) is 17.2 Å². The average Bonchev–Trinajstić information content (AvgIpc) is 2.78. The molecule has 5 heteroatoms. The molecule has 0 aliphatic heterocycles. The Balaban J connectivity index is 2.06. The molecule has 0 spiro atoms. The Kier molecular flexibility index (Phi) is 3.89. The summed E-state index contributed by atoms with van der Waals surface area (Å²) in [7, 11) is 0. The smallest absolute Gasteiger partial charge is 0.185 e. The lowest BCUT2D eigenvalue weighted by atomic mass is 9.83. The quantitative estimate of drug-likeness (QED) is 0.802. The van der Waals surface area contributed by atoms with Gasteiger partial charge in [-0.2, -0.15) is 0 Å². The van der Waals surface area contributed by atoms with Crippen molar-refractivity contribution in [3.63, 3.8) is 0 Å². The van der Waals surface area contributed by atoms with Crippen LogP contribution in [-0.4, -0.2) is 26.8 Å². The fraction of sp³-hybridized carbons (Fsp3) is 0.750. The second-order valence-corrected chi connectivity index (χ2v) is 4.82. The van der Waals surface area contributed by atoms with Gasteiger partial charge in [-0.25, -0.2) is 4.68 Å². The lowest BCUT2D eigenvalue weighted by Gasteiger charge is -2.24. The summed E-state index contributed by atoms with van der Waals surface area (Å²) in [5.74, 6) is 0.305. The molecule has 0 saturated heterocycles. The molecule has 1 aliphatic carbocycles. The standard InChI is InChI=1S/C12H20N4O/c1-2-7-16-11(8-14-15-16)12(17)9-3-5-10(13)6-4-9/h8-10H,2-7,13H2,1H3. The van der Waals surface area contributed by atoms with Crippen molar-refractivity contribution >= 4 is 5.78 Å². The first-order valence-corrected chi connectivity index (χ1v) is 6.40. The minimum atomic E-state index is 0.115. The summed E-state index contributed by atoms with van der Waals surface area (Å²) in [5, 5.41) is 7.80. The predicted molar refractivity (Wildman–Crippen MR) is 64.6 cm³/mol. The van der Waals surface area contributed by atoms with E-state index in [1.807, 2.05) is 0 Å². The second-order valence-electron chi connectivity index (χ2n) is 4.82. The van der Waals surface area contributed by atoms with Gasteiger partial charge in [0.1, 0.15) is 5.69 Å². The fourth-order valence-corrected chi connectivity index (χ4v) is 2.42. The Morgan fingerprint density at radius 3 is 2.82 bits per heavy atom. The number of hydrogen-bond acceptors (Lipinski definition) is 4. The van der Waals surface area contributed by atoms with Crippen LogP contribution >= 0.6 is 0 Å². The largest absolute Gasteiger partial charge is 0.328 e. The summed E-state index contributed by atoms with van der Waals surface area (Å²) in [6.07, 6.45) is 6.25. The van der Waals surface area contributed by atoms with Gasteiger partial charge in [0, 0.05) is 18.5 Å². The molecular weight excluding hydrogens is 216 g/mol. The highest BCUT2D eigenvalue weighted by molar-refractivity contribution is 5.96. The Bertz CT molecular complexity index is 380. The third-order valence-corrected chi connectivity index (χ3v) is 3.45. The van der Waals surface area contributed by atoms with Gasteiger partial charge >= 0.3 is 0 Å². The monoisotopic (exact) mass is 236 g/mol. The van der Waals surface area contributed by atoms with Crippen molar-refractivity contribution in [2.45, 2.75) is 51.6 Å². The van der Waals surface area contributed by atoms with Crippen LogP contribution in [0.4, 0.5) is 0 Å². The van der Waals surface area contributed by atoms with Crippen LogP contribution in [0.3, 0.4) is 0 Å². The number of aryl methyl sites for hydroxylation is 1. The number of Topliss-reactive ketones (excluding diaryl/α,β-unsaturated/α-hetero) is 1. The van der Waals surface area contributed by atoms with E-state index in [1.165, 1.54) is 0 Å². The number of hydrogen-bond donors (Lipinski definition) is 1. The van der Waals surface area contributed by atoms with E-state index in [-0.39, 0.29) is 17.7 Å². The predicted octanol–water partition coefficient (Wildman–Crippen LogP) is 1.39. The van der Waals surface area contributed by atoms with Crippen molar-refractivity contribution in [1.82, 2.24) is 15.0 Å². The molecule has 1 fully saturated rings. The molecule has 1 aromatic heterocycles. The molecule has 5 nitrogen and oxygen atoms in total. The number of rotatable bonds is 4. The molecule has 0 unspecified atom stereocenters. The summed E-state index contributed by atoms with van der Waals surface area (Å²) >= 11 is 0. The molecule has 17 heavy (non-hydrogen) atoms. The summed E-state index contributed by atoms with van der Waals surface area (Å²) < 4.78 is 1.72. The van der Waals surface area contributed by atoms with Crippen LogP contribution in [0.2, 0.25) is 0 Å². The van der Waals surface area contributed by atoms with E-state index < -0.39 is 0 Å². The number of nitrogens with zero attached hydrogens (tertiary/aromatic N) is 3. The second kappa shape index (κ2) is 5.40. The van der Waals surface area contributed by atoms with Gasteiger partial charge in [-0.1, -0.05) is 12.1 Å². The maximum atomic E-state index is 12.3. The molecular formula is C12H20N4O. The third-order valence-electron chi connectivity index (χ3n) is 3.45. The topological polar surface area (TPSA) is 73.8 Å². The molecule has 1 heterocycles. The first-order chi connectivity index (χ1) is 8.22. The van der Waals surface area contributed by atoms with E-state index in [1.54, 1.807) is 10.9 Å². The van der Waals surface area contributed by atoms with E-state index in [9.17, 15) is 4.79 Å². The van der Waals surface area contributed by atoms with Crippen molar-refractivity contribution in [2.24, 2.45) is 11.7 Å². The molecule has 0 amide bonds. The molecule has 0 bridgehead atoms. The Morgan fingerprint density at radius 2 is 2.18 bits per heavy atom. The highest BCUT2D eigenvalue weighted by atomic mass is 16.1. The summed E-state index contributed by atoms with van der Waals surface area (Å²) in [6, 6.07) is 0.276. The molecule has 0 aromatic carbocycles. The van der Waals surface area contributed by atoms with Crippen molar-refractivity contribution < 1.29 is 4.79 Å². The normalized spacial score (nSPS) is 24.8. The van der Waals surface area contributed by atoms with Crippen molar-refractivity contribution in [3.8, 4) is 0 Å². The summed E-state index contributed by atoms with van der Waals surface area (Å²) in [5.41, 5.74) is 6.51. The maximum absolute atomic E-state index is 12.3. The van der Waals surface area contributed by atoms with Crippen LogP contribution in [0.1, 0.15) is 49.5 Å². The molecule has 1 aliphatic rings. The van der Waals surface area contributed by atoms with Crippen LogP contribution in [0, 0.1) is 5.92 Å². The number of nitrogens with two attached hydrogens (primary N) is 1. The Morgan fingerprint density at radius 1 is 1.47 bits per heavy atom. The van der Waals surface area contributed by atoms with Gasteiger partial charge in [-0.05, 0) is 32.1 Å². The lowest BCUT2D eigenvalue weighted by Crippen LogP contribution is -2.30. The van der Waals surface area contributed by atoms with Crippen LogP contribution in [0.5, 0.6) is 0 Å². The van der Waals surface area contributed by atoms with Crippen molar-refractivity contribution in [1.29, 1.82) is 0 Å². The van der Waals surface area contributed by atoms with Gasteiger partial charge in [-0.3, -0.25) is 4.79 Å². The highest BCUT2D eigenvalue weighted by Crippen LogP contribution is 2.26. The minimum absolute atomic E-state index is 0.115. The zero-order valence-corrected chi connectivity index (χ0v) is 10.3. The first-order valence-electron chi connectivity index (χ1n) is 6.40. The summed E-state index contributed by atoms with van der Waals surface area (Å²) in [6.45, 7) is 2.82. The third kappa shape index (κ3) is 2.72. The van der Waals surface area contributed by atoms with E-state index in [0.29, 0.717) is 5.69 Å². The van der Waals surface area contributed by atoms with Gasteiger partial charge in [0.25, 0.3) is 0 Å². The highest BCUT2D eigenvalue weighted by Gasteiger charge is 2.27. The first kappa shape index (κ1) is 12.2. The molecule has 94 valence electrons. The van der Waals surface area contributed by atoms with Crippen molar-refractivity contribution in [3.05, 3.63) is 11.9 Å². The Hall–Kier alpha value is -1.23. The molecule has 0 radical (unpaired) electrons. The summed E-state index contributed by atoms with van der Waals surface area (Å²) in [4.78, 5) is 12.3. The minimum Gasteiger partial charge on any atom is -0.328 e. The number of ketones is 1. The maximum Gasteiger partial charge on any atom is 0.185 e. The zero-order valence-electron chi connectivity index (χ0n) is 10.3. The van der Waals surface area contributed by atoms with Gasteiger partial charge in [0.2, 0.25) is 0 Å². The van der Waals surface area contributed by atoms with E-state index in [0.717, 1.165) is 38.6 Å². The SMILES string of the molecule is CCCn1nncc1C(=O)C1CCC(N)CC1. The van der Waals surface area contributed by atoms with Gasteiger partial charge in [0.15, 0.2) is 5.78 Å². The number of carbonyl (C=O) groups is 1.